The number of benzene rings is 1. The molecule has 0 radical (unpaired) electrons. The lowest BCUT2D eigenvalue weighted by Gasteiger charge is -2.27. The number of anilines is 2. The summed E-state index contributed by atoms with van der Waals surface area (Å²) in [6.45, 7) is 9.18. The van der Waals surface area contributed by atoms with Crippen molar-refractivity contribution in [2.24, 2.45) is 10.7 Å². The lowest BCUT2D eigenvalue weighted by molar-refractivity contribution is -0.114. The SMILES string of the molecule is C=C(Cl)N=C(/C(F)=C\N)N(CCC)c1cccc(NC(C)=O)c1C. The summed E-state index contributed by atoms with van der Waals surface area (Å²) in [4.78, 5) is 17.0. The molecule has 0 saturated carbocycles. The summed E-state index contributed by atoms with van der Waals surface area (Å²) in [5.41, 5.74) is 7.43. The van der Waals surface area contributed by atoms with Crippen LogP contribution in [0.2, 0.25) is 0 Å². The van der Waals surface area contributed by atoms with Crippen LogP contribution in [0.3, 0.4) is 0 Å². The van der Waals surface area contributed by atoms with E-state index in [0.717, 1.165) is 18.2 Å². The first-order chi connectivity index (χ1) is 11.3. The van der Waals surface area contributed by atoms with E-state index in [4.69, 9.17) is 17.3 Å². The molecule has 1 rings (SSSR count). The lowest BCUT2D eigenvalue weighted by atomic mass is 10.1. The van der Waals surface area contributed by atoms with Gasteiger partial charge in [0.05, 0.1) is 0 Å². The number of aliphatic imine (C=N–C) groups is 1. The van der Waals surface area contributed by atoms with Crippen molar-refractivity contribution in [1.29, 1.82) is 0 Å². The van der Waals surface area contributed by atoms with Gasteiger partial charge >= 0.3 is 0 Å². The molecule has 24 heavy (non-hydrogen) atoms. The van der Waals surface area contributed by atoms with Crippen LogP contribution < -0.4 is 16.0 Å². The predicted molar refractivity (Wildman–Crippen MR) is 98.9 cm³/mol. The average Bonchev–Trinajstić information content (AvgIpc) is 2.51. The number of carbonyl (C=O) groups is 1. The summed E-state index contributed by atoms with van der Waals surface area (Å²) in [6, 6.07) is 5.36. The summed E-state index contributed by atoms with van der Waals surface area (Å²) in [5, 5.41) is 2.69. The van der Waals surface area contributed by atoms with Gasteiger partial charge in [0.15, 0.2) is 11.7 Å². The van der Waals surface area contributed by atoms with E-state index in [2.05, 4.69) is 16.9 Å². The fourth-order valence-electron chi connectivity index (χ4n) is 2.24. The molecule has 0 saturated heterocycles. The maximum Gasteiger partial charge on any atom is 0.221 e. The molecule has 3 N–H and O–H groups in total. The van der Waals surface area contributed by atoms with Crippen molar-refractivity contribution < 1.29 is 9.18 Å². The first-order valence-electron chi connectivity index (χ1n) is 7.47. The quantitative estimate of drug-likeness (QED) is 0.461. The minimum Gasteiger partial charge on any atom is -0.402 e. The topological polar surface area (TPSA) is 70.7 Å². The van der Waals surface area contributed by atoms with Gasteiger partial charge < -0.3 is 16.0 Å². The van der Waals surface area contributed by atoms with E-state index in [0.29, 0.717) is 17.9 Å². The van der Waals surface area contributed by atoms with Crippen molar-refractivity contribution in [2.75, 3.05) is 16.8 Å². The summed E-state index contributed by atoms with van der Waals surface area (Å²) >= 11 is 5.74. The number of rotatable bonds is 6. The Bertz CT molecular complexity index is 685. The fourth-order valence-corrected chi connectivity index (χ4v) is 2.32. The van der Waals surface area contributed by atoms with E-state index in [1.807, 2.05) is 19.9 Å². The first kappa shape index (κ1) is 19.7. The zero-order valence-electron chi connectivity index (χ0n) is 14.1. The van der Waals surface area contributed by atoms with Crippen LogP contribution in [0.15, 0.2) is 47.0 Å². The number of amidine groups is 1. The zero-order chi connectivity index (χ0) is 18.3. The first-order valence-corrected chi connectivity index (χ1v) is 7.85. The van der Waals surface area contributed by atoms with Crippen molar-refractivity contribution >= 4 is 34.7 Å². The number of nitrogens with two attached hydrogens (primary N) is 1. The Hall–Kier alpha value is -2.34. The second-order valence-electron chi connectivity index (χ2n) is 5.11. The van der Waals surface area contributed by atoms with E-state index in [9.17, 15) is 9.18 Å². The van der Waals surface area contributed by atoms with Gasteiger partial charge in [0.2, 0.25) is 5.91 Å². The molecule has 1 aromatic carbocycles. The van der Waals surface area contributed by atoms with Crippen molar-refractivity contribution in [3.63, 3.8) is 0 Å². The molecule has 5 nitrogen and oxygen atoms in total. The Kier molecular flexibility index (Phi) is 7.45. The smallest absolute Gasteiger partial charge is 0.221 e. The second kappa shape index (κ2) is 9.08. The molecule has 1 aromatic rings. The number of amides is 1. The van der Waals surface area contributed by atoms with E-state index in [-0.39, 0.29) is 16.9 Å². The Balaban J connectivity index is 3.49. The van der Waals surface area contributed by atoms with Crippen molar-refractivity contribution in [1.82, 2.24) is 0 Å². The third-order valence-electron chi connectivity index (χ3n) is 3.20. The number of carbonyl (C=O) groups excluding carboxylic acids is 1. The number of halogens is 2. The molecule has 1 amide bonds. The lowest BCUT2D eigenvalue weighted by Crippen LogP contribution is -2.33. The number of hydrogen-bond acceptors (Lipinski definition) is 3. The van der Waals surface area contributed by atoms with Gasteiger partial charge in [-0.2, -0.15) is 0 Å². The summed E-state index contributed by atoms with van der Waals surface area (Å²) < 4.78 is 14.3. The predicted octanol–water partition coefficient (Wildman–Crippen LogP) is 4.05. The van der Waals surface area contributed by atoms with Crippen LogP contribution in [0.25, 0.3) is 0 Å². The van der Waals surface area contributed by atoms with E-state index in [1.54, 1.807) is 17.0 Å². The van der Waals surface area contributed by atoms with E-state index >= 15 is 0 Å². The normalized spacial score (nSPS) is 12.0. The monoisotopic (exact) mass is 352 g/mol. The molecule has 0 unspecified atom stereocenters. The molecule has 0 aromatic heterocycles. The van der Waals surface area contributed by atoms with Gasteiger partial charge in [-0.15, -0.1) is 0 Å². The fraction of sp³-hybridized carbons (Fsp3) is 0.294. The van der Waals surface area contributed by atoms with Crippen molar-refractivity contribution in [3.8, 4) is 0 Å². The Morgan fingerprint density at radius 2 is 2.21 bits per heavy atom. The Morgan fingerprint density at radius 1 is 1.54 bits per heavy atom. The van der Waals surface area contributed by atoms with Gasteiger partial charge in [0, 0.05) is 31.0 Å². The zero-order valence-corrected chi connectivity index (χ0v) is 14.8. The third kappa shape index (κ3) is 5.09. The second-order valence-corrected chi connectivity index (χ2v) is 5.55. The van der Waals surface area contributed by atoms with Crippen LogP contribution >= 0.6 is 11.6 Å². The maximum atomic E-state index is 14.3. The van der Waals surface area contributed by atoms with Crippen LogP contribution in [0, 0.1) is 6.92 Å². The molecule has 0 heterocycles. The Morgan fingerprint density at radius 3 is 2.71 bits per heavy atom. The Labute approximate surface area is 146 Å². The highest BCUT2D eigenvalue weighted by Gasteiger charge is 2.20. The van der Waals surface area contributed by atoms with Crippen LogP contribution in [0.4, 0.5) is 15.8 Å². The maximum absolute atomic E-state index is 14.3. The van der Waals surface area contributed by atoms with Crippen LogP contribution in [0.5, 0.6) is 0 Å². The third-order valence-corrected chi connectivity index (χ3v) is 3.28. The van der Waals surface area contributed by atoms with Gasteiger partial charge in [0.1, 0.15) is 5.16 Å². The minimum atomic E-state index is -0.713. The summed E-state index contributed by atoms with van der Waals surface area (Å²) in [6.07, 6.45) is 1.56. The van der Waals surface area contributed by atoms with Gasteiger partial charge in [-0.1, -0.05) is 31.2 Å². The molecule has 130 valence electrons. The van der Waals surface area contributed by atoms with Gasteiger partial charge in [-0.25, -0.2) is 9.38 Å². The summed E-state index contributed by atoms with van der Waals surface area (Å²) in [7, 11) is 0. The molecular weight excluding hydrogens is 331 g/mol. The van der Waals surface area contributed by atoms with Crippen LogP contribution in [-0.4, -0.2) is 18.3 Å². The largest absolute Gasteiger partial charge is 0.402 e. The minimum absolute atomic E-state index is 0.0255. The van der Waals surface area contributed by atoms with Gasteiger partial charge in [-0.3, -0.25) is 4.79 Å². The molecule has 0 aliphatic rings. The van der Waals surface area contributed by atoms with E-state index < -0.39 is 5.83 Å². The van der Waals surface area contributed by atoms with Crippen molar-refractivity contribution in [3.05, 3.63) is 47.5 Å². The highest BCUT2D eigenvalue weighted by molar-refractivity contribution is 6.30. The highest BCUT2D eigenvalue weighted by Crippen LogP contribution is 2.29. The molecular formula is C17H22ClFN4O. The van der Waals surface area contributed by atoms with E-state index in [1.165, 1.54) is 6.92 Å². The number of nitrogens with zero attached hydrogens (tertiary/aromatic N) is 2. The molecule has 0 fully saturated rings. The standard InChI is InChI=1S/C17H22ClFN4O/c1-5-9-23(17(14(19)10-20)21-12(3)18)16-8-6-7-15(11(16)2)22-13(4)24/h6-8,10H,3,5,9,20H2,1-2,4H3,(H,22,24)/b14-10+,21-17?. The molecule has 0 aliphatic heterocycles. The van der Waals surface area contributed by atoms with Crippen molar-refractivity contribution in [2.45, 2.75) is 27.2 Å². The molecule has 0 spiro atoms. The summed E-state index contributed by atoms with van der Waals surface area (Å²) in [5.74, 6) is -0.926. The highest BCUT2D eigenvalue weighted by atomic mass is 35.5. The van der Waals surface area contributed by atoms with Crippen LogP contribution in [-0.2, 0) is 4.79 Å². The molecule has 0 aliphatic carbocycles. The molecule has 0 atom stereocenters. The molecule has 0 bridgehead atoms. The number of nitrogens with one attached hydrogen (secondary N) is 1. The van der Waals surface area contributed by atoms with Gasteiger partial charge in [0.25, 0.3) is 0 Å². The van der Waals surface area contributed by atoms with Crippen LogP contribution in [0.1, 0.15) is 25.8 Å². The average molecular weight is 353 g/mol. The molecule has 7 heteroatoms. The van der Waals surface area contributed by atoms with Gasteiger partial charge in [-0.05, 0) is 31.0 Å². The number of hydrogen-bond donors (Lipinski definition) is 2.